The van der Waals surface area contributed by atoms with E-state index >= 15 is 0 Å². The Kier molecular flexibility index (Phi) is 3.70. The van der Waals surface area contributed by atoms with Crippen LogP contribution in [0.5, 0.6) is 0 Å². The molecule has 0 aliphatic heterocycles. The molecule has 1 atom stereocenters. The minimum atomic E-state index is -1.08. The summed E-state index contributed by atoms with van der Waals surface area (Å²) in [6.45, 7) is 0. The summed E-state index contributed by atoms with van der Waals surface area (Å²) in [7, 11) is 0. The second-order valence-electron chi connectivity index (χ2n) is 4.96. The molecule has 0 bridgehead atoms. The van der Waals surface area contributed by atoms with Crippen LogP contribution in [-0.2, 0) is 11.2 Å². The van der Waals surface area contributed by atoms with Crippen molar-refractivity contribution in [2.45, 2.75) is 25.2 Å². The predicted octanol–water partition coefficient (Wildman–Crippen LogP) is 2.90. The van der Waals surface area contributed by atoms with E-state index in [-0.39, 0.29) is 23.1 Å². The number of anilines is 1. The van der Waals surface area contributed by atoms with Crippen molar-refractivity contribution in [3.63, 3.8) is 0 Å². The van der Waals surface area contributed by atoms with Gasteiger partial charge in [-0.3, -0.25) is 9.78 Å². The van der Waals surface area contributed by atoms with E-state index in [4.69, 9.17) is 5.11 Å². The summed E-state index contributed by atoms with van der Waals surface area (Å²) in [5.74, 6) is -1.45. The molecule has 3 rings (SSSR count). The molecular formula is C15H14N2O3S. The fourth-order valence-electron chi connectivity index (χ4n) is 2.66. The van der Waals surface area contributed by atoms with Crippen LogP contribution in [0, 0.1) is 0 Å². The van der Waals surface area contributed by atoms with E-state index in [0.717, 1.165) is 24.8 Å². The first-order chi connectivity index (χ1) is 10.2. The number of fused-ring (bicyclic) bond motifs is 1. The van der Waals surface area contributed by atoms with Crippen molar-refractivity contribution in [2.24, 2.45) is 0 Å². The number of carbonyl (C=O) groups excluding carboxylic acids is 1. The van der Waals surface area contributed by atoms with E-state index in [9.17, 15) is 9.59 Å². The molecule has 1 aliphatic carbocycles. The number of amides is 1. The summed E-state index contributed by atoms with van der Waals surface area (Å²) in [5, 5.41) is 13.9. The van der Waals surface area contributed by atoms with Crippen LogP contribution in [0.4, 0.5) is 5.69 Å². The Hall–Kier alpha value is -2.21. The monoisotopic (exact) mass is 302 g/mol. The lowest BCUT2D eigenvalue weighted by molar-refractivity contribution is -0.117. The highest BCUT2D eigenvalue weighted by molar-refractivity contribution is 7.10. The summed E-state index contributed by atoms with van der Waals surface area (Å²) >= 11 is 1.67. The standard InChI is InChI=1S/C15H14N2O3S/c18-14(10-2-1-3-13-9(10)5-7-21-13)17-12-8-16-6-4-11(12)15(19)20/h4-8,10H,1-3H2,(H,17,18)(H,19,20). The second kappa shape index (κ2) is 5.65. The lowest BCUT2D eigenvalue weighted by Gasteiger charge is -2.22. The SMILES string of the molecule is O=C(O)c1ccncc1NC(=O)C1CCCc2sccc21. The molecule has 1 amide bonds. The zero-order chi connectivity index (χ0) is 14.8. The molecule has 5 nitrogen and oxygen atoms in total. The number of carboxylic acids is 1. The fraction of sp³-hybridized carbons (Fsp3) is 0.267. The van der Waals surface area contributed by atoms with Crippen LogP contribution >= 0.6 is 11.3 Å². The lowest BCUT2D eigenvalue weighted by Crippen LogP contribution is -2.24. The predicted molar refractivity (Wildman–Crippen MR) is 79.8 cm³/mol. The zero-order valence-electron chi connectivity index (χ0n) is 11.2. The Labute approximate surface area is 125 Å². The van der Waals surface area contributed by atoms with Gasteiger partial charge < -0.3 is 10.4 Å². The smallest absolute Gasteiger partial charge is 0.337 e. The molecule has 2 N–H and O–H groups in total. The highest BCUT2D eigenvalue weighted by atomic mass is 32.1. The van der Waals surface area contributed by atoms with E-state index < -0.39 is 5.97 Å². The maximum Gasteiger partial charge on any atom is 0.337 e. The molecule has 0 saturated heterocycles. The molecule has 0 aromatic carbocycles. The summed E-state index contributed by atoms with van der Waals surface area (Å²) in [4.78, 5) is 28.8. The number of hydrogen-bond acceptors (Lipinski definition) is 4. The average molecular weight is 302 g/mol. The normalized spacial score (nSPS) is 17.0. The molecule has 108 valence electrons. The van der Waals surface area contributed by atoms with Gasteiger partial charge in [0.2, 0.25) is 5.91 Å². The topological polar surface area (TPSA) is 79.3 Å². The van der Waals surface area contributed by atoms with E-state index in [2.05, 4.69) is 10.3 Å². The Morgan fingerprint density at radius 1 is 1.38 bits per heavy atom. The van der Waals surface area contributed by atoms with Crippen molar-refractivity contribution in [1.82, 2.24) is 4.98 Å². The van der Waals surface area contributed by atoms with Gasteiger partial charge in [-0.05, 0) is 42.3 Å². The largest absolute Gasteiger partial charge is 0.478 e. The van der Waals surface area contributed by atoms with E-state index in [0.29, 0.717) is 0 Å². The number of hydrogen-bond donors (Lipinski definition) is 2. The van der Waals surface area contributed by atoms with Crippen LogP contribution in [-0.4, -0.2) is 22.0 Å². The van der Waals surface area contributed by atoms with E-state index in [1.807, 2.05) is 11.4 Å². The van der Waals surface area contributed by atoms with Gasteiger partial charge in [-0.2, -0.15) is 0 Å². The Morgan fingerprint density at radius 2 is 2.24 bits per heavy atom. The molecule has 0 saturated carbocycles. The second-order valence-corrected chi connectivity index (χ2v) is 5.96. The van der Waals surface area contributed by atoms with Crippen molar-refractivity contribution in [3.8, 4) is 0 Å². The third kappa shape index (κ3) is 2.67. The molecular weight excluding hydrogens is 288 g/mol. The van der Waals surface area contributed by atoms with Crippen LogP contribution in [0.15, 0.2) is 29.9 Å². The highest BCUT2D eigenvalue weighted by Gasteiger charge is 2.28. The first-order valence-corrected chi connectivity index (χ1v) is 7.59. The first kappa shape index (κ1) is 13.8. The first-order valence-electron chi connectivity index (χ1n) is 6.71. The number of nitrogens with one attached hydrogen (secondary N) is 1. The third-order valence-corrected chi connectivity index (χ3v) is 4.67. The van der Waals surface area contributed by atoms with Crippen molar-refractivity contribution < 1.29 is 14.7 Å². The molecule has 2 aromatic rings. The highest BCUT2D eigenvalue weighted by Crippen LogP contribution is 2.35. The molecule has 1 aliphatic rings. The van der Waals surface area contributed by atoms with Gasteiger partial charge in [0.05, 0.1) is 23.4 Å². The number of aromatic nitrogens is 1. The summed E-state index contributed by atoms with van der Waals surface area (Å²) in [6, 6.07) is 3.37. The van der Waals surface area contributed by atoms with Gasteiger partial charge in [0.25, 0.3) is 0 Å². The number of carbonyl (C=O) groups is 2. The van der Waals surface area contributed by atoms with Gasteiger partial charge in [-0.15, -0.1) is 11.3 Å². The van der Waals surface area contributed by atoms with Crippen LogP contribution in [0.1, 0.15) is 39.6 Å². The van der Waals surface area contributed by atoms with Crippen molar-refractivity contribution in [1.29, 1.82) is 0 Å². The summed E-state index contributed by atoms with van der Waals surface area (Å²) < 4.78 is 0. The van der Waals surface area contributed by atoms with Gasteiger partial charge in [0.15, 0.2) is 0 Å². The maximum atomic E-state index is 12.5. The Balaban J connectivity index is 1.84. The minimum Gasteiger partial charge on any atom is -0.478 e. The van der Waals surface area contributed by atoms with Gasteiger partial charge in [0.1, 0.15) is 0 Å². The number of nitrogens with zero attached hydrogens (tertiary/aromatic N) is 1. The molecule has 0 spiro atoms. The molecule has 0 fully saturated rings. The zero-order valence-corrected chi connectivity index (χ0v) is 12.0. The average Bonchev–Trinajstić information content (AvgIpc) is 2.95. The number of aryl methyl sites for hydroxylation is 1. The minimum absolute atomic E-state index is 0.0553. The van der Waals surface area contributed by atoms with Gasteiger partial charge in [-0.25, -0.2) is 4.79 Å². The number of thiophene rings is 1. The fourth-order valence-corrected chi connectivity index (χ4v) is 3.65. The maximum absolute atomic E-state index is 12.5. The molecule has 2 aromatic heterocycles. The lowest BCUT2D eigenvalue weighted by atomic mass is 9.87. The van der Waals surface area contributed by atoms with Crippen LogP contribution < -0.4 is 5.32 Å². The molecule has 0 radical (unpaired) electrons. The molecule has 2 heterocycles. The van der Waals surface area contributed by atoms with Crippen molar-refractivity contribution in [3.05, 3.63) is 45.9 Å². The summed E-state index contributed by atoms with van der Waals surface area (Å²) in [6.07, 6.45) is 5.56. The van der Waals surface area contributed by atoms with E-state index in [1.165, 1.54) is 23.3 Å². The molecule has 1 unspecified atom stereocenters. The third-order valence-electron chi connectivity index (χ3n) is 3.68. The Bertz CT molecular complexity index is 696. The summed E-state index contributed by atoms with van der Waals surface area (Å²) in [5.41, 5.74) is 1.38. The van der Waals surface area contributed by atoms with Crippen LogP contribution in [0.2, 0.25) is 0 Å². The van der Waals surface area contributed by atoms with Gasteiger partial charge in [-0.1, -0.05) is 0 Å². The number of aromatic carboxylic acids is 1. The van der Waals surface area contributed by atoms with Crippen LogP contribution in [0.25, 0.3) is 0 Å². The van der Waals surface area contributed by atoms with Crippen molar-refractivity contribution >= 4 is 28.9 Å². The number of pyridine rings is 1. The number of rotatable bonds is 3. The van der Waals surface area contributed by atoms with E-state index in [1.54, 1.807) is 11.3 Å². The van der Waals surface area contributed by atoms with Crippen molar-refractivity contribution in [2.75, 3.05) is 5.32 Å². The molecule has 6 heteroatoms. The Morgan fingerprint density at radius 3 is 3.05 bits per heavy atom. The molecule has 21 heavy (non-hydrogen) atoms. The number of carboxylic acid groups (broad SMARTS) is 1. The van der Waals surface area contributed by atoms with Crippen LogP contribution in [0.3, 0.4) is 0 Å². The van der Waals surface area contributed by atoms with Gasteiger partial charge >= 0.3 is 5.97 Å². The van der Waals surface area contributed by atoms with Gasteiger partial charge in [0, 0.05) is 11.1 Å². The quantitative estimate of drug-likeness (QED) is 0.913.